The molecule has 1 aliphatic heterocycles. The number of hydrogen-bond acceptors (Lipinski definition) is 5. The maximum Gasteiger partial charge on any atom is 0.410 e. The molecule has 2 aliphatic rings. The highest BCUT2D eigenvalue weighted by molar-refractivity contribution is 7.89. The van der Waals surface area contributed by atoms with Gasteiger partial charge in [-0.25, -0.2) is 17.6 Å². The molecule has 7 nitrogen and oxygen atoms in total. The van der Waals surface area contributed by atoms with Crippen molar-refractivity contribution in [1.82, 2.24) is 9.21 Å². The Morgan fingerprint density at radius 2 is 1.71 bits per heavy atom. The highest BCUT2D eigenvalue weighted by Crippen LogP contribution is 2.32. The van der Waals surface area contributed by atoms with Crippen molar-refractivity contribution >= 4 is 21.8 Å². The molecule has 0 radical (unpaired) electrons. The summed E-state index contributed by atoms with van der Waals surface area (Å²) in [5.74, 6) is -0.426. The number of hydrogen-bond donors (Lipinski definition) is 0. The molecule has 0 aromatic heterocycles. The second-order valence-corrected chi connectivity index (χ2v) is 12.1. The maximum absolute atomic E-state index is 15.2. The Balaban J connectivity index is 1.45. The normalized spacial score (nSPS) is 17.4. The SMILES string of the molecule is CC(C)(C)OC(=O)N1CCN(c2ccc(CN(C3CCC3)S(=O)(=O)c3ccccc3)c(F)c2)CC1. The summed E-state index contributed by atoms with van der Waals surface area (Å²) in [5.41, 5.74) is 0.526. The molecule has 0 bridgehead atoms. The monoisotopic (exact) mass is 503 g/mol. The van der Waals surface area contributed by atoms with Crippen LogP contribution in [0.2, 0.25) is 0 Å². The standard InChI is InChI=1S/C26H34FN3O4S/c1-26(2,3)34-25(31)29-16-14-28(15-17-29)22-13-12-20(24(27)18-22)19-30(21-8-7-9-21)35(32,33)23-10-5-4-6-11-23/h4-6,10-13,18,21H,7-9,14-17,19H2,1-3H3. The summed E-state index contributed by atoms with van der Waals surface area (Å²) in [5, 5.41) is 0. The fraction of sp³-hybridized carbons (Fsp3) is 0.500. The molecule has 190 valence electrons. The molecule has 35 heavy (non-hydrogen) atoms. The van der Waals surface area contributed by atoms with Crippen molar-refractivity contribution in [3.05, 3.63) is 59.9 Å². The van der Waals surface area contributed by atoms with E-state index >= 15 is 4.39 Å². The number of sulfonamides is 1. The van der Waals surface area contributed by atoms with Crippen LogP contribution in [0.5, 0.6) is 0 Å². The summed E-state index contributed by atoms with van der Waals surface area (Å²) in [7, 11) is -3.73. The molecule has 1 saturated carbocycles. The second-order valence-electron chi connectivity index (χ2n) is 10.2. The van der Waals surface area contributed by atoms with Crippen LogP contribution in [0.3, 0.4) is 0 Å². The lowest BCUT2D eigenvalue weighted by atomic mass is 9.93. The molecule has 0 unspecified atom stereocenters. The molecular weight excluding hydrogens is 469 g/mol. The number of amides is 1. The number of rotatable bonds is 6. The van der Waals surface area contributed by atoms with Crippen LogP contribution < -0.4 is 4.90 Å². The van der Waals surface area contributed by atoms with Gasteiger partial charge in [0, 0.05) is 50.0 Å². The maximum atomic E-state index is 15.2. The van der Waals surface area contributed by atoms with Gasteiger partial charge in [0.2, 0.25) is 10.0 Å². The Labute approximate surface area is 207 Å². The van der Waals surface area contributed by atoms with Crippen LogP contribution in [-0.4, -0.2) is 61.5 Å². The summed E-state index contributed by atoms with van der Waals surface area (Å²) >= 11 is 0. The predicted octanol–water partition coefficient (Wildman–Crippen LogP) is 4.63. The molecule has 0 N–H and O–H groups in total. The van der Waals surface area contributed by atoms with Gasteiger partial charge in [0.25, 0.3) is 0 Å². The molecule has 1 aliphatic carbocycles. The van der Waals surface area contributed by atoms with E-state index in [1.807, 2.05) is 31.7 Å². The minimum atomic E-state index is -3.73. The third-order valence-electron chi connectivity index (χ3n) is 6.49. The van der Waals surface area contributed by atoms with Crippen molar-refractivity contribution < 1.29 is 22.3 Å². The first-order valence-corrected chi connectivity index (χ1v) is 13.6. The van der Waals surface area contributed by atoms with E-state index in [-0.39, 0.29) is 23.6 Å². The zero-order chi connectivity index (χ0) is 25.2. The summed E-state index contributed by atoms with van der Waals surface area (Å²) in [4.78, 5) is 16.2. The average Bonchev–Trinajstić information content (AvgIpc) is 2.78. The van der Waals surface area contributed by atoms with Gasteiger partial charge in [0.05, 0.1) is 4.90 Å². The number of carbonyl (C=O) groups excluding carboxylic acids is 1. The van der Waals surface area contributed by atoms with E-state index in [0.717, 1.165) is 24.9 Å². The van der Waals surface area contributed by atoms with Gasteiger partial charge in [-0.05, 0) is 57.9 Å². The molecule has 1 amide bonds. The van der Waals surface area contributed by atoms with Gasteiger partial charge in [0.1, 0.15) is 11.4 Å². The third kappa shape index (κ3) is 5.95. The number of ether oxygens (including phenoxy) is 1. The molecule has 0 atom stereocenters. The zero-order valence-electron chi connectivity index (χ0n) is 20.6. The van der Waals surface area contributed by atoms with E-state index < -0.39 is 21.4 Å². The zero-order valence-corrected chi connectivity index (χ0v) is 21.4. The molecule has 0 spiro atoms. The summed E-state index contributed by atoms with van der Waals surface area (Å²) < 4.78 is 48.7. The number of piperazine rings is 1. The van der Waals surface area contributed by atoms with E-state index in [4.69, 9.17) is 4.74 Å². The molecule has 1 saturated heterocycles. The molecule has 4 rings (SSSR count). The molecule has 2 aromatic carbocycles. The first-order valence-electron chi connectivity index (χ1n) is 12.1. The third-order valence-corrected chi connectivity index (χ3v) is 8.40. The molecule has 2 aromatic rings. The predicted molar refractivity (Wildman–Crippen MR) is 133 cm³/mol. The lowest BCUT2D eigenvalue weighted by Gasteiger charge is -2.37. The van der Waals surface area contributed by atoms with Gasteiger partial charge < -0.3 is 14.5 Å². The van der Waals surface area contributed by atoms with Gasteiger partial charge in [-0.1, -0.05) is 30.7 Å². The first-order chi connectivity index (χ1) is 16.5. The summed E-state index contributed by atoms with van der Waals surface area (Å²) in [6.45, 7) is 7.61. The van der Waals surface area contributed by atoms with Crippen molar-refractivity contribution in [2.45, 2.75) is 63.1 Å². The van der Waals surface area contributed by atoms with Crippen LogP contribution in [0, 0.1) is 5.82 Å². The Bertz CT molecular complexity index is 1140. The van der Waals surface area contributed by atoms with E-state index in [2.05, 4.69) is 0 Å². The van der Waals surface area contributed by atoms with E-state index in [0.29, 0.717) is 31.7 Å². The van der Waals surface area contributed by atoms with Crippen molar-refractivity contribution in [2.24, 2.45) is 0 Å². The number of anilines is 1. The number of halogens is 1. The van der Waals surface area contributed by atoms with Crippen molar-refractivity contribution in [1.29, 1.82) is 0 Å². The Kier molecular flexibility index (Phi) is 7.38. The molecule has 9 heteroatoms. The van der Waals surface area contributed by atoms with Crippen molar-refractivity contribution in [3.8, 4) is 0 Å². The smallest absolute Gasteiger partial charge is 0.410 e. The quantitative estimate of drug-likeness (QED) is 0.575. The van der Waals surface area contributed by atoms with Crippen LogP contribution >= 0.6 is 0 Å². The fourth-order valence-electron chi connectivity index (χ4n) is 4.32. The van der Waals surface area contributed by atoms with Crippen LogP contribution in [0.25, 0.3) is 0 Å². The Morgan fingerprint density at radius 1 is 1.06 bits per heavy atom. The van der Waals surface area contributed by atoms with E-state index in [1.54, 1.807) is 41.3 Å². The van der Waals surface area contributed by atoms with Crippen LogP contribution in [0.15, 0.2) is 53.4 Å². The van der Waals surface area contributed by atoms with Crippen molar-refractivity contribution in [2.75, 3.05) is 31.1 Å². The number of nitrogens with zero attached hydrogens (tertiary/aromatic N) is 3. The second kappa shape index (κ2) is 10.1. The summed E-state index contributed by atoms with van der Waals surface area (Å²) in [6, 6.07) is 13.2. The van der Waals surface area contributed by atoms with Gasteiger partial charge >= 0.3 is 6.09 Å². The fourth-order valence-corrected chi connectivity index (χ4v) is 6.00. The van der Waals surface area contributed by atoms with E-state index in [1.165, 1.54) is 10.4 Å². The van der Waals surface area contributed by atoms with Crippen LogP contribution in [0.4, 0.5) is 14.9 Å². The van der Waals surface area contributed by atoms with Crippen LogP contribution in [0.1, 0.15) is 45.6 Å². The first kappa shape index (κ1) is 25.4. The highest BCUT2D eigenvalue weighted by Gasteiger charge is 2.35. The Hall–Kier alpha value is -2.65. The summed E-state index contributed by atoms with van der Waals surface area (Å²) in [6.07, 6.45) is 2.21. The molecular formula is C26H34FN3O4S. The Morgan fingerprint density at radius 3 is 2.26 bits per heavy atom. The van der Waals surface area contributed by atoms with Crippen LogP contribution in [-0.2, 0) is 21.3 Å². The molecule has 1 heterocycles. The number of carbonyl (C=O) groups is 1. The minimum Gasteiger partial charge on any atom is -0.444 e. The van der Waals surface area contributed by atoms with Gasteiger partial charge in [-0.15, -0.1) is 0 Å². The average molecular weight is 504 g/mol. The topological polar surface area (TPSA) is 70.2 Å². The van der Waals surface area contributed by atoms with Gasteiger partial charge in [-0.3, -0.25) is 0 Å². The minimum absolute atomic E-state index is 0.000426. The molecule has 2 fully saturated rings. The number of benzene rings is 2. The van der Waals surface area contributed by atoms with E-state index in [9.17, 15) is 13.2 Å². The van der Waals surface area contributed by atoms with Gasteiger partial charge in [-0.2, -0.15) is 4.31 Å². The lowest BCUT2D eigenvalue weighted by molar-refractivity contribution is 0.0240. The van der Waals surface area contributed by atoms with Gasteiger partial charge in [0.15, 0.2) is 0 Å². The largest absolute Gasteiger partial charge is 0.444 e. The highest BCUT2D eigenvalue weighted by atomic mass is 32.2. The lowest BCUT2D eigenvalue weighted by Crippen LogP contribution is -2.50. The van der Waals surface area contributed by atoms with Crippen molar-refractivity contribution in [3.63, 3.8) is 0 Å².